The highest BCUT2D eigenvalue weighted by atomic mass is 19.4. The molecular weight excluding hydrogens is 299 g/mol. The summed E-state index contributed by atoms with van der Waals surface area (Å²) in [5.74, 6) is 0.494. The van der Waals surface area contributed by atoms with Gasteiger partial charge in [-0.25, -0.2) is 5.01 Å². The third-order valence-electron chi connectivity index (χ3n) is 4.10. The zero-order chi connectivity index (χ0) is 16.0. The third kappa shape index (κ3) is 2.09. The first-order chi connectivity index (χ1) is 10.4. The molecule has 0 aromatic rings. The molecule has 0 saturated carbocycles. The van der Waals surface area contributed by atoms with Gasteiger partial charge in [-0.3, -0.25) is 0 Å². The molecule has 1 saturated heterocycles. The average molecular weight is 315 g/mol. The topological polar surface area (TPSA) is 37.3 Å². The number of hydrazone groups is 1. The number of nitrogens with zero attached hydrogens (tertiary/aromatic N) is 3. The van der Waals surface area contributed by atoms with Crippen molar-refractivity contribution in [1.29, 1.82) is 0 Å². The highest BCUT2D eigenvalue weighted by Crippen LogP contribution is 2.43. The number of fused-ring (bicyclic) bond motifs is 1. The summed E-state index contributed by atoms with van der Waals surface area (Å²) in [6.45, 7) is -0.284. The fraction of sp³-hybridized carbons (Fsp3) is 0.500. The molecular formula is C14H16F3N3O2. The summed E-state index contributed by atoms with van der Waals surface area (Å²) < 4.78 is 51.0. The molecule has 8 heteroatoms. The van der Waals surface area contributed by atoms with Crippen molar-refractivity contribution in [2.24, 2.45) is 5.10 Å². The number of hydrogen-bond acceptors (Lipinski definition) is 5. The molecule has 0 aromatic heterocycles. The molecule has 0 unspecified atom stereocenters. The Morgan fingerprint density at radius 1 is 1.41 bits per heavy atom. The first kappa shape index (κ1) is 15.0. The molecule has 0 aromatic carbocycles. The predicted molar refractivity (Wildman–Crippen MR) is 73.6 cm³/mol. The Morgan fingerprint density at radius 3 is 2.77 bits per heavy atom. The van der Waals surface area contributed by atoms with E-state index >= 15 is 0 Å². The molecule has 120 valence electrons. The lowest BCUT2D eigenvalue weighted by molar-refractivity contribution is -0.216. The Balaban J connectivity index is 2.00. The smallest absolute Gasteiger partial charge is 0.414 e. The Morgan fingerprint density at radius 2 is 2.18 bits per heavy atom. The van der Waals surface area contributed by atoms with Crippen LogP contribution in [0.1, 0.15) is 6.42 Å². The van der Waals surface area contributed by atoms with Gasteiger partial charge in [0.25, 0.3) is 0 Å². The van der Waals surface area contributed by atoms with E-state index in [9.17, 15) is 13.2 Å². The second-order valence-corrected chi connectivity index (χ2v) is 5.33. The number of halogens is 3. The van der Waals surface area contributed by atoms with Crippen LogP contribution in [0.5, 0.6) is 0 Å². The number of allylic oxidation sites excluding steroid dienone is 3. The van der Waals surface area contributed by atoms with Crippen molar-refractivity contribution in [3.63, 3.8) is 0 Å². The van der Waals surface area contributed by atoms with Crippen LogP contribution in [0.3, 0.4) is 0 Å². The van der Waals surface area contributed by atoms with E-state index in [4.69, 9.17) is 9.47 Å². The minimum atomic E-state index is -4.39. The highest BCUT2D eigenvalue weighted by Gasteiger charge is 2.60. The first-order valence-corrected chi connectivity index (χ1v) is 6.78. The molecule has 3 aliphatic heterocycles. The van der Waals surface area contributed by atoms with Gasteiger partial charge in [-0.2, -0.15) is 18.3 Å². The van der Waals surface area contributed by atoms with Crippen molar-refractivity contribution >= 4 is 6.21 Å². The van der Waals surface area contributed by atoms with Crippen LogP contribution in [-0.4, -0.2) is 55.2 Å². The standard InChI is InChI=1S/C14H16F3N3O2/c1-19-12(21-2)11-3-5-20(8-10(11)7-18-19)13(14(15,16)17)4-6-22-9-13/h3,5,7-8H,4,6,9H2,1-2H3/t13-/m1/s1. The van der Waals surface area contributed by atoms with E-state index in [1.165, 1.54) is 35.6 Å². The largest absolute Gasteiger partial charge is 0.481 e. The van der Waals surface area contributed by atoms with Crippen LogP contribution < -0.4 is 0 Å². The summed E-state index contributed by atoms with van der Waals surface area (Å²) >= 11 is 0. The summed E-state index contributed by atoms with van der Waals surface area (Å²) in [5, 5.41) is 5.63. The van der Waals surface area contributed by atoms with Crippen molar-refractivity contribution in [2.45, 2.75) is 18.1 Å². The maximum Gasteiger partial charge on any atom is 0.414 e. The van der Waals surface area contributed by atoms with E-state index in [0.717, 1.165) is 0 Å². The molecule has 0 N–H and O–H groups in total. The molecule has 1 atom stereocenters. The maximum atomic E-state index is 13.6. The summed E-state index contributed by atoms with van der Waals surface area (Å²) in [4.78, 5) is 1.18. The third-order valence-corrected chi connectivity index (χ3v) is 4.10. The van der Waals surface area contributed by atoms with Crippen LogP contribution in [0.25, 0.3) is 0 Å². The van der Waals surface area contributed by atoms with Crippen LogP contribution in [-0.2, 0) is 9.47 Å². The van der Waals surface area contributed by atoms with Crippen LogP contribution in [0.15, 0.2) is 40.6 Å². The Labute approximate surface area is 126 Å². The maximum absolute atomic E-state index is 13.6. The van der Waals surface area contributed by atoms with Gasteiger partial charge < -0.3 is 14.4 Å². The number of methoxy groups -OCH3 is 1. The van der Waals surface area contributed by atoms with E-state index in [1.54, 1.807) is 13.1 Å². The van der Waals surface area contributed by atoms with Gasteiger partial charge in [0.2, 0.25) is 5.88 Å². The molecule has 0 bridgehead atoms. The van der Waals surface area contributed by atoms with Gasteiger partial charge in [-0.05, 0) is 6.08 Å². The van der Waals surface area contributed by atoms with E-state index < -0.39 is 11.7 Å². The SMILES string of the molecule is COC1=C2C=CN([C@]3(C(F)(F)F)CCOC3)C=C2C=NN1C. The average Bonchev–Trinajstić information content (AvgIpc) is 2.97. The van der Waals surface area contributed by atoms with Gasteiger partial charge in [-0.15, -0.1) is 0 Å². The van der Waals surface area contributed by atoms with Crippen molar-refractivity contribution in [1.82, 2.24) is 9.91 Å². The predicted octanol–water partition coefficient (Wildman–Crippen LogP) is 2.21. The van der Waals surface area contributed by atoms with E-state index in [-0.39, 0.29) is 19.6 Å². The second kappa shape index (κ2) is 5.05. The minimum absolute atomic E-state index is 0.0931. The van der Waals surface area contributed by atoms with Crippen LogP contribution >= 0.6 is 0 Å². The molecule has 3 aliphatic rings. The molecule has 0 amide bonds. The van der Waals surface area contributed by atoms with Gasteiger partial charge in [0.05, 0.1) is 19.9 Å². The Bertz CT molecular complexity index is 587. The fourth-order valence-electron chi connectivity index (χ4n) is 2.82. The summed E-state index contributed by atoms with van der Waals surface area (Å²) in [5.41, 5.74) is -0.743. The number of alkyl halides is 3. The Kier molecular flexibility index (Phi) is 3.43. The van der Waals surface area contributed by atoms with Crippen LogP contribution in [0.4, 0.5) is 13.2 Å². The molecule has 0 spiro atoms. The van der Waals surface area contributed by atoms with Crippen molar-refractivity contribution < 1.29 is 22.6 Å². The number of ether oxygens (including phenoxy) is 2. The summed E-state index contributed by atoms with van der Waals surface area (Å²) in [6, 6.07) is 0. The van der Waals surface area contributed by atoms with E-state index in [1.807, 2.05) is 0 Å². The van der Waals surface area contributed by atoms with Crippen molar-refractivity contribution in [2.75, 3.05) is 27.4 Å². The van der Waals surface area contributed by atoms with Gasteiger partial charge in [0.1, 0.15) is 0 Å². The zero-order valence-corrected chi connectivity index (χ0v) is 12.2. The second-order valence-electron chi connectivity index (χ2n) is 5.33. The lowest BCUT2D eigenvalue weighted by Gasteiger charge is -2.40. The molecule has 22 heavy (non-hydrogen) atoms. The molecule has 3 heterocycles. The molecule has 0 radical (unpaired) electrons. The molecule has 1 fully saturated rings. The fourth-order valence-corrected chi connectivity index (χ4v) is 2.82. The summed E-state index contributed by atoms with van der Waals surface area (Å²) in [7, 11) is 3.21. The zero-order valence-electron chi connectivity index (χ0n) is 12.2. The highest BCUT2D eigenvalue weighted by molar-refractivity contribution is 5.87. The van der Waals surface area contributed by atoms with Crippen LogP contribution in [0.2, 0.25) is 0 Å². The van der Waals surface area contributed by atoms with Crippen LogP contribution in [0, 0.1) is 0 Å². The molecule has 3 rings (SSSR count). The van der Waals surface area contributed by atoms with Gasteiger partial charge in [-0.1, -0.05) is 0 Å². The lowest BCUT2D eigenvalue weighted by Crippen LogP contribution is -2.56. The van der Waals surface area contributed by atoms with Gasteiger partial charge in [0.15, 0.2) is 5.54 Å². The quantitative estimate of drug-likeness (QED) is 0.783. The lowest BCUT2D eigenvalue weighted by atomic mass is 9.93. The van der Waals surface area contributed by atoms with Gasteiger partial charge >= 0.3 is 6.18 Å². The monoisotopic (exact) mass is 315 g/mol. The first-order valence-electron chi connectivity index (χ1n) is 6.78. The number of hydrogen-bond donors (Lipinski definition) is 0. The van der Waals surface area contributed by atoms with E-state index in [0.29, 0.717) is 17.0 Å². The summed E-state index contributed by atoms with van der Waals surface area (Å²) in [6.07, 6.45) is 1.52. The van der Waals surface area contributed by atoms with Crippen molar-refractivity contribution in [3.05, 3.63) is 35.5 Å². The normalized spacial score (nSPS) is 28.1. The molecule has 5 nitrogen and oxygen atoms in total. The van der Waals surface area contributed by atoms with Gasteiger partial charge in [0, 0.05) is 43.6 Å². The molecule has 0 aliphatic carbocycles. The minimum Gasteiger partial charge on any atom is -0.481 e. The van der Waals surface area contributed by atoms with E-state index in [2.05, 4.69) is 5.10 Å². The Hall–Kier alpha value is -1.96. The number of rotatable bonds is 2. The van der Waals surface area contributed by atoms with Crippen molar-refractivity contribution in [3.8, 4) is 0 Å².